The van der Waals surface area contributed by atoms with Gasteiger partial charge in [0.25, 0.3) is 0 Å². The Morgan fingerprint density at radius 1 is 1.16 bits per heavy atom. The van der Waals surface area contributed by atoms with Crippen LogP contribution in [0.15, 0.2) is 36.8 Å². The molecule has 4 N–H and O–H groups in total. The van der Waals surface area contributed by atoms with Gasteiger partial charge >= 0.3 is 0 Å². The van der Waals surface area contributed by atoms with Crippen molar-refractivity contribution in [1.29, 1.82) is 0 Å². The molecule has 3 aromatic rings. The lowest BCUT2D eigenvalue weighted by Crippen LogP contribution is -2.51. The Kier molecular flexibility index (Phi) is 5.40. The number of hydrogen-bond acceptors (Lipinski definition) is 7. The SMILES string of the molecule is NC(=O)[C@@H]1CCCN1C1CC(n2cc(-c3cccc(OCC45CCC(CC4)O5)c3)c3c(N)ncnc32)C1. The summed E-state index contributed by atoms with van der Waals surface area (Å²) in [6, 6.07) is 8.71. The number of fused-ring (bicyclic) bond motifs is 3. The predicted molar refractivity (Wildman–Crippen MR) is 140 cm³/mol. The number of aromatic nitrogens is 3. The van der Waals surface area contributed by atoms with Crippen molar-refractivity contribution < 1.29 is 14.3 Å². The van der Waals surface area contributed by atoms with Gasteiger partial charge in [-0.25, -0.2) is 9.97 Å². The number of hydrogen-bond donors (Lipinski definition) is 2. The van der Waals surface area contributed by atoms with Gasteiger partial charge in [-0.05, 0) is 75.6 Å². The summed E-state index contributed by atoms with van der Waals surface area (Å²) in [5.41, 5.74) is 14.8. The molecular weight excluding hydrogens is 468 g/mol. The van der Waals surface area contributed by atoms with E-state index in [1.807, 2.05) is 12.1 Å². The minimum atomic E-state index is -0.205. The zero-order valence-electron chi connectivity index (χ0n) is 21.0. The summed E-state index contributed by atoms with van der Waals surface area (Å²) in [5.74, 6) is 1.10. The summed E-state index contributed by atoms with van der Waals surface area (Å²) in [4.78, 5) is 23.1. The number of carbonyl (C=O) groups excluding carboxylic acids is 1. The molecule has 1 aromatic carbocycles. The fourth-order valence-corrected chi connectivity index (χ4v) is 7.05. The van der Waals surface area contributed by atoms with Crippen LogP contribution < -0.4 is 16.2 Å². The van der Waals surface area contributed by atoms with Crippen LogP contribution in [-0.4, -0.2) is 62.3 Å². The smallest absolute Gasteiger partial charge is 0.234 e. The lowest BCUT2D eigenvalue weighted by molar-refractivity contribution is -0.123. The lowest BCUT2D eigenvalue weighted by atomic mass is 9.84. The maximum absolute atomic E-state index is 11.9. The van der Waals surface area contributed by atoms with E-state index < -0.39 is 0 Å². The van der Waals surface area contributed by atoms with Gasteiger partial charge in [-0.3, -0.25) is 9.69 Å². The molecule has 0 spiro atoms. The molecule has 3 aliphatic heterocycles. The summed E-state index contributed by atoms with van der Waals surface area (Å²) in [5, 5.41) is 0.871. The number of likely N-dealkylation sites (tertiary alicyclic amines) is 1. The number of nitrogens with zero attached hydrogens (tertiary/aromatic N) is 4. The lowest BCUT2D eigenvalue weighted by Gasteiger charge is -2.43. The van der Waals surface area contributed by atoms with Gasteiger partial charge in [-0.1, -0.05) is 12.1 Å². The van der Waals surface area contributed by atoms with Crippen molar-refractivity contribution in [2.75, 3.05) is 18.9 Å². The maximum Gasteiger partial charge on any atom is 0.234 e. The zero-order chi connectivity index (χ0) is 25.1. The Labute approximate surface area is 216 Å². The first-order valence-corrected chi connectivity index (χ1v) is 13.6. The number of amides is 1. The van der Waals surface area contributed by atoms with Gasteiger partial charge in [-0.2, -0.15) is 0 Å². The van der Waals surface area contributed by atoms with Gasteiger partial charge < -0.3 is 25.5 Å². The van der Waals surface area contributed by atoms with Crippen LogP contribution in [0.1, 0.15) is 57.4 Å². The Bertz CT molecular complexity index is 1340. The highest BCUT2D eigenvalue weighted by atomic mass is 16.6. The molecule has 194 valence electrons. The fourth-order valence-electron chi connectivity index (χ4n) is 7.05. The highest BCUT2D eigenvalue weighted by Gasteiger charge is 2.47. The third kappa shape index (κ3) is 3.87. The van der Waals surface area contributed by atoms with Crippen LogP contribution in [0.5, 0.6) is 5.75 Å². The zero-order valence-corrected chi connectivity index (χ0v) is 21.0. The van der Waals surface area contributed by atoms with Gasteiger partial charge in [0.1, 0.15) is 35.7 Å². The molecule has 2 bridgehead atoms. The van der Waals surface area contributed by atoms with Crippen molar-refractivity contribution in [1.82, 2.24) is 19.4 Å². The van der Waals surface area contributed by atoms with Gasteiger partial charge in [0, 0.05) is 23.8 Å². The third-order valence-electron chi connectivity index (χ3n) is 9.12. The predicted octanol–water partition coefficient (Wildman–Crippen LogP) is 3.42. The normalized spacial score (nSPS) is 31.1. The fraction of sp³-hybridized carbons (Fsp3) is 0.536. The van der Waals surface area contributed by atoms with Crippen molar-refractivity contribution in [3.63, 3.8) is 0 Å². The van der Waals surface area contributed by atoms with E-state index in [2.05, 4.69) is 37.8 Å². The summed E-state index contributed by atoms with van der Waals surface area (Å²) >= 11 is 0. The molecule has 0 radical (unpaired) electrons. The minimum absolute atomic E-state index is 0.113. The van der Waals surface area contributed by atoms with Gasteiger partial charge in [-0.15, -0.1) is 0 Å². The number of anilines is 1. The monoisotopic (exact) mass is 502 g/mol. The first-order chi connectivity index (χ1) is 18.0. The molecule has 1 aliphatic carbocycles. The number of rotatable bonds is 7. The summed E-state index contributed by atoms with van der Waals surface area (Å²) in [7, 11) is 0. The topological polar surface area (TPSA) is 122 Å². The average molecular weight is 503 g/mol. The molecule has 1 atom stereocenters. The molecule has 4 fully saturated rings. The molecule has 9 nitrogen and oxygen atoms in total. The van der Waals surface area contributed by atoms with E-state index in [0.29, 0.717) is 24.6 Å². The highest BCUT2D eigenvalue weighted by molar-refractivity contribution is 6.00. The van der Waals surface area contributed by atoms with Crippen LogP contribution in [0.3, 0.4) is 0 Å². The molecule has 1 saturated carbocycles. The highest BCUT2D eigenvalue weighted by Crippen LogP contribution is 2.45. The number of nitrogen functional groups attached to an aromatic ring is 1. The van der Waals surface area contributed by atoms with Gasteiger partial charge in [0.05, 0.1) is 17.5 Å². The Hall–Kier alpha value is -3.17. The number of ether oxygens (including phenoxy) is 2. The Morgan fingerprint density at radius 3 is 2.76 bits per heavy atom. The van der Waals surface area contributed by atoms with Crippen molar-refractivity contribution >= 4 is 22.8 Å². The van der Waals surface area contributed by atoms with E-state index in [1.165, 1.54) is 6.33 Å². The number of nitrogens with two attached hydrogens (primary N) is 2. The number of benzene rings is 1. The van der Waals surface area contributed by atoms with Gasteiger partial charge in [0.2, 0.25) is 5.91 Å². The average Bonchev–Trinajstić information content (AvgIpc) is 3.66. The molecule has 2 aromatic heterocycles. The van der Waals surface area contributed by atoms with Crippen molar-refractivity contribution in [3.05, 3.63) is 36.8 Å². The van der Waals surface area contributed by atoms with Crippen molar-refractivity contribution in [2.45, 2.75) is 81.2 Å². The molecule has 5 heterocycles. The van der Waals surface area contributed by atoms with Crippen molar-refractivity contribution in [3.8, 4) is 16.9 Å². The molecule has 4 aliphatic rings. The minimum Gasteiger partial charge on any atom is -0.491 e. The molecular formula is C28H34N6O3. The number of primary amides is 1. The molecule has 3 saturated heterocycles. The molecule has 37 heavy (non-hydrogen) atoms. The second-order valence-electron chi connectivity index (χ2n) is 11.3. The molecule has 7 rings (SSSR count). The second-order valence-corrected chi connectivity index (χ2v) is 11.3. The first kappa shape index (κ1) is 23.0. The van der Waals surface area contributed by atoms with Crippen LogP contribution in [0.2, 0.25) is 0 Å². The Balaban J connectivity index is 1.14. The van der Waals surface area contributed by atoms with Crippen LogP contribution in [0.4, 0.5) is 5.82 Å². The quantitative estimate of drug-likeness (QED) is 0.508. The summed E-state index contributed by atoms with van der Waals surface area (Å²) in [6.07, 6.45) is 12.4. The van der Waals surface area contributed by atoms with Crippen LogP contribution in [-0.2, 0) is 9.53 Å². The van der Waals surface area contributed by atoms with Gasteiger partial charge in [0.15, 0.2) is 0 Å². The maximum atomic E-state index is 11.9. The number of carbonyl (C=O) groups is 1. The van der Waals surface area contributed by atoms with E-state index >= 15 is 0 Å². The first-order valence-electron chi connectivity index (χ1n) is 13.6. The molecule has 0 unspecified atom stereocenters. The van der Waals surface area contributed by atoms with Crippen LogP contribution in [0, 0.1) is 0 Å². The third-order valence-corrected chi connectivity index (χ3v) is 9.12. The van der Waals surface area contributed by atoms with Crippen LogP contribution >= 0.6 is 0 Å². The largest absolute Gasteiger partial charge is 0.491 e. The Morgan fingerprint density at radius 2 is 2.00 bits per heavy atom. The van der Waals surface area contributed by atoms with Crippen molar-refractivity contribution in [2.24, 2.45) is 5.73 Å². The van der Waals surface area contributed by atoms with E-state index in [0.717, 1.165) is 85.8 Å². The van der Waals surface area contributed by atoms with Crippen LogP contribution in [0.25, 0.3) is 22.2 Å². The van der Waals surface area contributed by atoms with E-state index in [9.17, 15) is 4.79 Å². The van der Waals surface area contributed by atoms with E-state index in [1.54, 1.807) is 0 Å². The molecule has 9 heteroatoms. The summed E-state index contributed by atoms with van der Waals surface area (Å²) < 4.78 is 14.7. The summed E-state index contributed by atoms with van der Waals surface area (Å²) in [6.45, 7) is 1.53. The second kappa shape index (κ2) is 8.70. The van der Waals surface area contributed by atoms with E-state index in [4.69, 9.17) is 20.9 Å². The molecule has 1 amide bonds. The standard InChI is InChI=1S/C28H34N6O3/c29-25-24-22(17-3-1-4-21(11-17)36-15-28-8-6-20(37-28)7-9-28)14-34(27(24)32-16-31-25)19-12-18(13-19)33-10-2-5-23(33)26(30)35/h1,3-4,11,14,16,18-20,23H,2,5-10,12-13,15H2,(H2,30,35)(H2,29,31,32)/t18?,19?,20?,23-,28?/m0/s1. The van der Waals surface area contributed by atoms with E-state index in [-0.39, 0.29) is 23.6 Å².